The van der Waals surface area contributed by atoms with Crippen LogP contribution in [0, 0.1) is 0 Å². The first-order valence-electron chi connectivity index (χ1n) is 6.74. The van der Waals surface area contributed by atoms with Gasteiger partial charge in [0, 0.05) is 31.1 Å². The van der Waals surface area contributed by atoms with Gasteiger partial charge < -0.3 is 16.0 Å². The molecular weight excluding hydrogens is 214 g/mol. The molecule has 4 nitrogen and oxygen atoms in total. The zero-order chi connectivity index (χ0) is 12.8. The molecule has 0 aromatic heterocycles. The second-order valence-corrected chi connectivity index (χ2v) is 5.52. The minimum Gasteiger partial charge on any atom is -0.354 e. The molecule has 0 unspecified atom stereocenters. The second kappa shape index (κ2) is 6.97. The predicted octanol–water partition coefficient (Wildman–Crippen LogP) is 1.10. The summed E-state index contributed by atoms with van der Waals surface area (Å²) in [5, 5.41) is 2.92. The lowest BCUT2D eigenvalue weighted by molar-refractivity contribution is -0.122. The van der Waals surface area contributed by atoms with Crippen molar-refractivity contribution >= 4 is 5.91 Å². The molecule has 1 fully saturated rings. The van der Waals surface area contributed by atoms with Gasteiger partial charge in [-0.3, -0.25) is 4.79 Å². The van der Waals surface area contributed by atoms with Gasteiger partial charge in [0.05, 0.1) is 0 Å². The van der Waals surface area contributed by atoms with Crippen LogP contribution < -0.4 is 11.1 Å². The van der Waals surface area contributed by atoms with Crippen molar-refractivity contribution in [1.29, 1.82) is 0 Å². The van der Waals surface area contributed by atoms with Crippen LogP contribution in [-0.2, 0) is 4.79 Å². The van der Waals surface area contributed by atoms with E-state index in [-0.39, 0.29) is 11.9 Å². The largest absolute Gasteiger partial charge is 0.354 e. The van der Waals surface area contributed by atoms with Crippen molar-refractivity contribution in [3.8, 4) is 0 Å². The molecule has 0 heterocycles. The maximum Gasteiger partial charge on any atom is 0.221 e. The van der Waals surface area contributed by atoms with Crippen LogP contribution in [-0.4, -0.2) is 42.5 Å². The van der Waals surface area contributed by atoms with Gasteiger partial charge in [-0.05, 0) is 46.6 Å². The van der Waals surface area contributed by atoms with Crippen LogP contribution in [0.5, 0.6) is 0 Å². The average Bonchev–Trinajstić information content (AvgIpc) is 2.26. The number of amides is 1. The minimum atomic E-state index is 0.152. The molecule has 1 saturated carbocycles. The summed E-state index contributed by atoms with van der Waals surface area (Å²) in [5.74, 6) is 0.152. The van der Waals surface area contributed by atoms with Crippen LogP contribution in [0.4, 0.5) is 0 Å². The normalized spacial score (nSPS) is 25.3. The van der Waals surface area contributed by atoms with Gasteiger partial charge in [-0.15, -0.1) is 0 Å². The highest BCUT2D eigenvalue weighted by molar-refractivity contribution is 5.76. The lowest BCUT2D eigenvalue weighted by atomic mass is 9.91. The lowest BCUT2D eigenvalue weighted by Gasteiger charge is -2.33. The fraction of sp³-hybridized carbons (Fsp3) is 0.923. The monoisotopic (exact) mass is 241 g/mol. The van der Waals surface area contributed by atoms with E-state index in [1.807, 2.05) is 13.8 Å². The quantitative estimate of drug-likeness (QED) is 0.758. The molecule has 1 aliphatic rings. The Kier molecular flexibility index (Phi) is 5.92. The summed E-state index contributed by atoms with van der Waals surface area (Å²) in [6.07, 6.45) is 5.17. The molecule has 0 bridgehead atoms. The van der Waals surface area contributed by atoms with Crippen LogP contribution in [0.25, 0.3) is 0 Å². The molecule has 1 aliphatic carbocycles. The van der Waals surface area contributed by atoms with Gasteiger partial charge in [0.15, 0.2) is 0 Å². The van der Waals surface area contributed by atoms with Gasteiger partial charge in [-0.1, -0.05) is 0 Å². The van der Waals surface area contributed by atoms with Gasteiger partial charge in [-0.25, -0.2) is 0 Å². The summed E-state index contributed by atoms with van der Waals surface area (Å²) < 4.78 is 0. The van der Waals surface area contributed by atoms with Crippen LogP contribution >= 0.6 is 0 Å². The lowest BCUT2D eigenvalue weighted by Crippen LogP contribution is -2.40. The Morgan fingerprint density at radius 3 is 2.47 bits per heavy atom. The van der Waals surface area contributed by atoms with E-state index in [1.54, 1.807) is 0 Å². The fourth-order valence-electron chi connectivity index (χ4n) is 2.40. The van der Waals surface area contributed by atoms with E-state index >= 15 is 0 Å². The third kappa shape index (κ3) is 5.50. The Hall–Kier alpha value is -0.610. The van der Waals surface area contributed by atoms with Crippen LogP contribution in [0.15, 0.2) is 0 Å². The van der Waals surface area contributed by atoms with E-state index in [9.17, 15) is 4.79 Å². The maximum atomic E-state index is 11.5. The van der Waals surface area contributed by atoms with Crippen molar-refractivity contribution in [2.24, 2.45) is 5.73 Å². The van der Waals surface area contributed by atoms with E-state index in [0.717, 1.165) is 19.4 Å². The Labute approximate surface area is 105 Å². The maximum absolute atomic E-state index is 11.5. The predicted molar refractivity (Wildman–Crippen MR) is 70.8 cm³/mol. The topological polar surface area (TPSA) is 58.4 Å². The summed E-state index contributed by atoms with van der Waals surface area (Å²) >= 11 is 0. The average molecular weight is 241 g/mol. The van der Waals surface area contributed by atoms with Crippen molar-refractivity contribution in [1.82, 2.24) is 10.2 Å². The SMILES string of the molecule is CC(C)NC(=O)CCN(C)C1CCC(N)CC1. The first kappa shape index (κ1) is 14.5. The van der Waals surface area contributed by atoms with Crippen molar-refractivity contribution in [2.75, 3.05) is 13.6 Å². The molecule has 0 saturated heterocycles. The second-order valence-electron chi connectivity index (χ2n) is 5.52. The van der Waals surface area contributed by atoms with Crippen LogP contribution in [0.1, 0.15) is 46.0 Å². The summed E-state index contributed by atoms with van der Waals surface area (Å²) in [4.78, 5) is 13.8. The molecule has 1 amide bonds. The Balaban J connectivity index is 2.20. The third-order valence-corrected chi connectivity index (χ3v) is 3.51. The summed E-state index contributed by atoms with van der Waals surface area (Å²) in [6, 6.07) is 1.24. The van der Waals surface area contributed by atoms with E-state index < -0.39 is 0 Å². The van der Waals surface area contributed by atoms with E-state index in [1.165, 1.54) is 12.8 Å². The molecule has 0 atom stereocenters. The highest BCUT2D eigenvalue weighted by Gasteiger charge is 2.22. The number of nitrogens with zero attached hydrogens (tertiary/aromatic N) is 1. The molecule has 0 aromatic rings. The van der Waals surface area contributed by atoms with E-state index in [2.05, 4.69) is 17.3 Å². The number of nitrogens with two attached hydrogens (primary N) is 1. The number of hydrogen-bond donors (Lipinski definition) is 2. The van der Waals surface area contributed by atoms with Gasteiger partial charge in [0.2, 0.25) is 5.91 Å². The van der Waals surface area contributed by atoms with Gasteiger partial charge in [0.1, 0.15) is 0 Å². The Morgan fingerprint density at radius 2 is 1.94 bits per heavy atom. The molecule has 17 heavy (non-hydrogen) atoms. The molecule has 100 valence electrons. The highest BCUT2D eigenvalue weighted by Crippen LogP contribution is 2.21. The standard InChI is InChI=1S/C13H27N3O/c1-10(2)15-13(17)8-9-16(3)12-6-4-11(14)5-7-12/h10-12H,4-9,14H2,1-3H3,(H,15,17). The van der Waals surface area contributed by atoms with Crippen LogP contribution in [0.3, 0.4) is 0 Å². The first-order valence-corrected chi connectivity index (χ1v) is 6.74. The summed E-state index contributed by atoms with van der Waals surface area (Å²) in [5.41, 5.74) is 5.89. The molecule has 1 rings (SSSR count). The third-order valence-electron chi connectivity index (χ3n) is 3.51. The molecule has 4 heteroatoms. The van der Waals surface area contributed by atoms with Gasteiger partial charge in [-0.2, -0.15) is 0 Å². The smallest absolute Gasteiger partial charge is 0.221 e. The number of rotatable bonds is 5. The molecule has 0 aliphatic heterocycles. The number of nitrogens with one attached hydrogen (secondary N) is 1. The van der Waals surface area contributed by atoms with Crippen LogP contribution in [0.2, 0.25) is 0 Å². The number of carbonyl (C=O) groups excluding carboxylic acids is 1. The van der Waals surface area contributed by atoms with Crippen molar-refractivity contribution in [3.63, 3.8) is 0 Å². The van der Waals surface area contributed by atoms with Gasteiger partial charge in [0.25, 0.3) is 0 Å². The Bertz CT molecular complexity index is 235. The molecular formula is C13H27N3O. The highest BCUT2D eigenvalue weighted by atomic mass is 16.1. The fourth-order valence-corrected chi connectivity index (χ4v) is 2.40. The van der Waals surface area contributed by atoms with Gasteiger partial charge >= 0.3 is 0 Å². The number of carbonyl (C=O) groups is 1. The zero-order valence-corrected chi connectivity index (χ0v) is 11.4. The van der Waals surface area contributed by atoms with Crippen molar-refractivity contribution in [2.45, 2.75) is 64.1 Å². The first-order chi connectivity index (χ1) is 7.99. The number of hydrogen-bond acceptors (Lipinski definition) is 3. The molecule has 3 N–H and O–H groups in total. The van der Waals surface area contributed by atoms with E-state index in [4.69, 9.17) is 5.73 Å². The minimum absolute atomic E-state index is 0.152. The van der Waals surface area contributed by atoms with E-state index in [0.29, 0.717) is 18.5 Å². The summed E-state index contributed by atoms with van der Waals surface area (Å²) in [7, 11) is 2.12. The van der Waals surface area contributed by atoms with Crippen molar-refractivity contribution < 1.29 is 4.79 Å². The molecule has 0 spiro atoms. The zero-order valence-electron chi connectivity index (χ0n) is 11.4. The molecule has 0 aromatic carbocycles. The molecule has 0 radical (unpaired) electrons. The summed E-state index contributed by atoms with van der Waals surface area (Å²) in [6.45, 7) is 4.83. The Morgan fingerprint density at radius 1 is 1.35 bits per heavy atom. The van der Waals surface area contributed by atoms with Crippen molar-refractivity contribution in [3.05, 3.63) is 0 Å².